The highest BCUT2D eigenvalue weighted by molar-refractivity contribution is 6.31. The van der Waals surface area contributed by atoms with Crippen LogP contribution in [0, 0.1) is 34.9 Å². The number of rotatable bonds is 6. The molecule has 0 aliphatic heterocycles. The van der Waals surface area contributed by atoms with Gasteiger partial charge in [0, 0.05) is 6.42 Å². The maximum absolute atomic E-state index is 14.1. The summed E-state index contributed by atoms with van der Waals surface area (Å²) in [6.07, 6.45) is -1.42. The number of alkyl carbamates (subject to hydrolysis) is 1. The molecule has 0 aliphatic rings. The van der Waals surface area contributed by atoms with Crippen molar-refractivity contribution >= 4 is 23.7 Å². The molecule has 5 nitrogen and oxygen atoms in total. The molecule has 0 saturated heterocycles. The first-order valence-corrected chi connectivity index (χ1v) is 11.3. The molecule has 1 N–H and O–H groups in total. The Morgan fingerprint density at radius 2 is 1.37 bits per heavy atom. The number of esters is 1. The van der Waals surface area contributed by atoms with Gasteiger partial charge in [0.1, 0.15) is 17.5 Å². The molecule has 0 unspecified atom stereocenters. The molecular formula is C26H20ClF6NO4. The van der Waals surface area contributed by atoms with Crippen molar-refractivity contribution in [2.24, 2.45) is 0 Å². The van der Waals surface area contributed by atoms with E-state index in [0.717, 1.165) is 0 Å². The summed E-state index contributed by atoms with van der Waals surface area (Å²) in [6, 6.07) is 8.67. The van der Waals surface area contributed by atoms with Crippen LogP contribution in [0.15, 0.2) is 42.5 Å². The lowest BCUT2D eigenvalue weighted by molar-refractivity contribution is -0.137. The van der Waals surface area contributed by atoms with E-state index < -0.39 is 64.4 Å². The number of ether oxygens (including phenoxy) is 2. The van der Waals surface area contributed by atoms with Gasteiger partial charge < -0.3 is 14.8 Å². The van der Waals surface area contributed by atoms with Gasteiger partial charge in [0.2, 0.25) is 34.8 Å². The number of benzene rings is 3. The van der Waals surface area contributed by atoms with Crippen LogP contribution in [-0.4, -0.2) is 23.7 Å². The molecular weight excluding hydrogens is 540 g/mol. The lowest BCUT2D eigenvalue weighted by atomic mass is 10.0. The number of nitrogens with one attached hydrogen (secondary N) is 1. The zero-order chi connectivity index (χ0) is 28.4. The average molecular weight is 560 g/mol. The number of hydrogen-bond acceptors (Lipinski definition) is 4. The van der Waals surface area contributed by atoms with Crippen molar-refractivity contribution in [3.05, 3.63) is 88.0 Å². The zero-order valence-electron chi connectivity index (χ0n) is 20.1. The van der Waals surface area contributed by atoms with Crippen LogP contribution in [0.2, 0.25) is 5.02 Å². The van der Waals surface area contributed by atoms with Gasteiger partial charge in [0.05, 0.1) is 5.02 Å². The van der Waals surface area contributed by atoms with Crippen molar-refractivity contribution < 1.29 is 45.4 Å². The minimum Gasteiger partial charge on any atom is -0.444 e. The maximum atomic E-state index is 14.1. The number of carbonyl (C=O) groups is 2. The second-order valence-corrected chi connectivity index (χ2v) is 9.46. The van der Waals surface area contributed by atoms with Crippen molar-refractivity contribution in [2.45, 2.75) is 38.8 Å². The number of amides is 1. The lowest BCUT2D eigenvalue weighted by Gasteiger charge is -2.23. The normalized spacial score (nSPS) is 12.2. The molecule has 0 bridgehead atoms. The second kappa shape index (κ2) is 11.3. The molecule has 0 saturated carbocycles. The highest BCUT2D eigenvalue weighted by Crippen LogP contribution is 2.30. The van der Waals surface area contributed by atoms with Crippen LogP contribution >= 0.6 is 11.6 Å². The molecule has 1 atom stereocenters. The van der Waals surface area contributed by atoms with Gasteiger partial charge >= 0.3 is 12.1 Å². The van der Waals surface area contributed by atoms with Crippen LogP contribution < -0.4 is 10.1 Å². The largest absolute Gasteiger partial charge is 0.444 e. The fourth-order valence-corrected chi connectivity index (χ4v) is 3.41. The molecule has 12 heteroatoms. The Morgan fingerprint density at radius 1 is 0.842 bits per heavy atom. The van der Waals surface area contributed by atoms with Gasteiger partial charge in [-0.15, -0.1) is 0 Å². The molecule has 38 heavy (non-hydrogen) atoms. The number of hydrogen-bond donors (Lipinski definition) is 1. The topological polar surface area (TPSA) is 64.6 Å². The van der Waals surface area contributed by atoms with E-state index in [1.165, 1.54) is 51.1 Å². The van der Waals surface area contributed by atoms with Crippen LogP contribution in [-0.2, 0) is 16.0 Å². The Kier molecular flexibility index (Phi) is 8.61. The van der Waals surface area contributed by atoms with Crippen LogP contribution in [0.4, 0.5) is 31.1 Å². The molecule has 0 heterocycles. The Balaban J connectivity index is 1.88. The number of carbonyl (C=O) groups excluding carboxylic acids is 2. The summed E-state index contributed by atoms with van der Waals surface area (Å²) < 4.78 is 91.6. The summed E-state index contributed by atoms with van der Waals surface area (Å²) in [7, 11) is 0. The average Bonchev–Trinajstić information content (AvgIpc) is 2.84. The SMILES string of the molecule is CC(C)(C)OC(=O)N[C@H](Cc1ccc(-c2ccc(F)c(Cl)c2)cc1)C(=O)Oc1c(F)c(F)c(F)c(F)c1F. The quantitative estimate of drug-likeness (QED) is 0.118. The minimum atomic E-state index is -2.43. The molecule has 0 aliphatic carbocycles. The molecule has 3 aromatic carbocycles. The van der Waals surface area contributed by atoms with Crippen molar-refractivity contribution in [3.63, 3.8) is 0 Å². The van der Waals surface area contributed by atoms with Crippen LogP contribution in [0.25, 0.3) is 11.1 Å². The van der Waals surface area contributed by atoms with E-state index in [4.69, 9.17) is 16.3 Å². The molecule has 0 radical (unpaired) electrons. The van der Waals surface area contributed by atoms with E-state index in [9.17, 15) is 35.9 Å². The first-order valence-electron chi connectivity index (χ1n) is 10.9. The minimum absolute atomic E-state index is 0.0934. The fourth-order valence-electron chi connectivity index (χ4n) is 3.23. The second-order valence-electron chi connectivity index (χ2n) is 9.05. The first kappa shape index (κ1) is 28.8. The summed E-state index contributed by atoms with van der Waals surface area (Å²) in [5.74, 6) is -15.7. The molecule has 1 amide bonds. The standard InChI is InChI=1S/C26H20ClF6NO4/c1-26(2,3)38-25(36)34-17(24(35)37-23-21(32)19(30)18(29)20(31)22(23)33)10-12-4-6-13(7-5-12)14-8-9-16(28)15(27)11-14/h4-9,11,17H,10H2,1-3H3,(H,34,36)/t17-/m1/s1. The van der Waals surface area contributed by atoms with E-state index in [1.807, 2.05) is 0 Å². The van der Waals surface area contributed by atoms with Crippen molar-refractivity contribution in [3.8, 4) is 16.9 Å². The van der Waals surface area contributed by atoms with E-state index in [0.29, 0.717) is 16.7 Å². The maximum Gasteiger partial charge on any atom is 0.408 e. The first-order chi connectivity index (χ1) is 17.7. The van der Waals surface area contributed by atoms with Crippen LogP contribution in [0.3, 0.4) is 0 Å². The highest BCUT2D eigenvalue weighted by Gasteiger charge is 2.32. The molecule has 0 fully saturated rings. The summed E-state index contributed by atoms with van der Waals surface area (Å²) >= 11 is 5.81. The third-order valence-corrected chi connectivity index (χ3v) is 5.28. The number of halogens is 7. The van der Waals surface area contributed by atoms with Gasteiger partial charge in [-0.05, 0) is 49.6 Å². The predicted molar refractivity (Wildman–Crippen MR) is 126 cm³/mol. The van der Waals surface area contributed by atoms with Crippen LogP contribution in [0.1, 0.15) is 26.3 Å². The highest BCUT2D eigenvalue weighted by atomic mass is 35.5. The molecule has 0 aromatic heterocycles. The monoisotopic (exact) mass is 559 g/mol. The van der Waals surface area contributed by atoms with Crippen molar-refractivity contribution in [1.82, 2.24) is 5.32 Å². The van der Waals surface area contributed by atoms with Crippen LogP contribution in [0.5, 0.6) is 5.75 Å². The zero-order valence-corrected chi connectivity index (χ0v) is 20.9. The van der Waals surface area contributed by atoms with Gasteiger partial charge in [-0.25, -0.2) is 27.2 Å². The fraction of sp³-hybridized carbons (Fsp3) is 0.231. The summed E-state index contributed by atoms with van der Waals surface area (Å²) in [5.41, 5.74) is 0.615. The van der Waals surface area contributed by atoms with E-state index in [1.54, 1.807) is 12.1 Å². The van der Waals surface area contributed by atoms with E-state index in [-0.39, 0.29) is 11.4 Å². The molecule has 3 aromatic rings. The van der Waals surface area contributed by atoms with Gasteiger partial charge in [0.15, 0.2) is 0 Å². The summed E-state index contributed by atoms with van der Waals surface area (Å²) in [5, 5.41) is 2.09. The smallest absolute Gasteiger partial charge is 0.408 e. The Morgan fingerprint density at radius 3 is 1.89 bits per heavy atom. The Hall–Kier alpha value is -3.73. The summed E-state index contributed by atoms with van der Waals surface area (Å²) in [6.45, 7) is 4.61. The van der Waals surface area contributed by atoms with E-state index >= 15 is 0 Å². The Bertz CT molecular complexity index is 1350. The third kappa shape index (κ3) is 6.77. The lowest BCUT2D eigenvalue weighted by Crippen LogP contribution is -2.46. The third-order valence-electron chi connectivity index (χ3n) is 4.99. The molecule has 0 spiro atoms. The Labute approximate surface area is 218 Å². The van der Waals surface area contributed by atoms with Gasteiger partial charge in [-0.2, -0.15) is 8.78 Å². The van der Waals surface area contributed by atoms with Crippen molar-refractivity contribution in [2.75, 3.05) is 0 Å². The molecule has 3 rings (SSSR count). The van der Waals surface area contributed by atoms with Gasteiger partial charge in [-0.3, -0.25) is 0 Å². The van der Waals surface area contributed by atoms with Gasteiger partial charge in [-0.1, -0.05) is 41.9 Å². The predicted octanol–water partition coefficient (Wildman–Crippen LogP) is 6.88. The van der Waals surface area contributed by atoms with E-state index in [2.05, 4.69) is 10.1 Å². The summed E-state index contributed by atoms with van der Waals surface area (Å²) in [4.78, 5) is 25.1. The van der Waals surface area contributed by atoms with Gasteiger partial charge in [0.25, 0.3) is 0 Å². The van der Waals surface area contributed by atoms with Crippen molar-refractivity contribution in [1.29, 1.82) is 0 Å². The molecule has 202 valence electrons.